The van der Waals surface area contributed by atoms with Gasteiger partial charge in [-0.25, -0.2) is 9.97 Å². The van der Waals surface area contributed by atoms with Crippen molar-refractivity contribution in [2.24, 2.45) is 0 Å². The molecule has 0 spiro atoms. The van der Waals surface area contributed by atoms with Crippen molar-refractivity contribution in [3.05, 3.63) is 111 Å². The minimum Gasteiger partial charge on any atom is -0.487 e. The molecule has 3 heterocycles. The van der Waals surface area contributed by atoms with Crippen LogP contribution in [0.1, 0.15) is 27.3 Å². The van der Waals surface area contributed by atoms with Crippen LogP contribution >= 0.6 is 34.5 Å². The number of halogens is 2. The van der Waals surface area contributed by atoms with Crippen LogP contribution in [0.5, 0.6) is 5.75 Å². The number of fused-ring (bicyclic) bond motifs is 1. The smallest absolute Gasteiger partial charge is 0.276 e. The third kappa shape index (κ3) is 7.82. The number of likely N-dealkylation sites (N-methyl/N-ethyl adjacent to an activating group) is 1. The minimum absolute atomic E-state index is 0.0517. The van der Waals surface area contributed by atoms with Gasteiger partial charge < -0.3 is 15.0 Å². The number of carbonyl (C=O) groups excluding carboxylic acids is 3. The molecule has 10 nitrogen and oxygen atoms in total. The zero-order chi connectivity index (χ0) is 31.9. The molecule has 0 saturated carbocycles. The summed E-state index contributed by atoms with van der Waals surface area (Å²) in [5, 5.41) is 9.01. The Morgan fingerprint density at radius 2 is 1.89 bits per heavy atom. The van der Waals surface area contributed by atoms with Crippen molar-refractivity contribution < 1.29 is 19.1 Å². The molecule has 0 unspecified atom stereocenters. The molecule has 0 saturated heterocycles. The Kier molecular flexibility index (Phi) is 10.0. The van der Waals surface area contributed by atoms with E-state index < -0.39 is 17.7 Å². The summed E-state index contributed by atoms with van der Waals surface area (Å²) in [6.07, 6.45) is 5.84. The lowest BCUT2D eigenvalue weighted by molar-refractivity contribution is -0.122. The lowest BCUT2D eigenvalue weighted by Gasteiger charge is -2.21. The minimum atomic E-state index is -0.488. The Hall–Kier alpha value is -4.84. The predicted octanol–water partition coefficient (Wildman–Crippen LogP) is 6.33. The molecule has 3 amide bonds. The van der Waals surface area contributed by atoms with E-state index in [4.69, 9.17) is 27.9 Å². The molecule has 0 aliphatic rings. The van der Waals surface area contributed by atoms with Crippen LogP contribution in [0.15, 0.2) is 78.4 Å². The molecule has 5 aromatic rings. The summed E-state index contributed by atoms with van der Waals surface area (Å²) >= 11 is 14.5. The second-order valence-corrected chi connectivity index (χ2v) is 11.4. The van der Waals surface area contributed by atoms with Crippen LogP contribution in [0.25, 0.3) is 17.0 Å². The first-order chi connectivity index (χ1) is 21.7. The van der Waals surface area contributed by atoms with E-state index in [0.717, 1.165) is 16.6 Å². The highest BCUT2D eigenvalue weighted by atomic mass is 35.5. The summed E-state index contributed by atoms with van der Waals surface area (Å²) in [4.78, 5) is 51.7. The van der Waals surface area contributed by atoms with Gasteiger partial charge in [0, 0.05) is 52.6 Å². The highest BCUT2D eigenvalue weighted by molar-refractivity contribution is 7.13. The van der Waals surface area contributed by atoms with Gasteiger partial charge in [0.2, 0.25) is 11.8 Å². The van der Waals surface area contributed by atoms with Crippen molar-refractivity contribution in [3.8, 4) is 5.75 Å². The molecule has 2 aromatic carbocycles. The van der Waals surface area contributed by atoms with Crippen LogP contribution in [0.4, 0.5) is 10.8 Å². The van der Waals surface area contributed by atoms with Gasteiger partial charge in [0.15, 0.2) is 5.13 Å². The summed E-state index contributed by atoms with van der Waals surface area (Å²) < 4.78 is 6.07. The number of benzene rings is 2. The van der Waals surface area contributed by atoms with E-state index in [0.29, 0.717) is 32.7 Å². The van der Waals surface area contributed by atoms with Crippen molar-refractivity contribution >= 4 is 80.1 Å². The SMILES string of the molecule is Cc1ccc2cccc(OCc3c(Cl)ccc(N(C)C(=O)CNC(=O)C=Cc4ccc(C(=O)Nc5nccs5)nc4)c3Cl)c2n1. The molecule has 5 rings (SSSR count). The number of thiazole rings is 1. The number of hydrogen-bond acceptors (Lipinski definition) is 8. The second kappa shape index (κ2) is 14.3. The molecule has 0 fully saturated rings. The Bertz CT molecular complexity index is 1900. The van der Waals surface area contributed by atoms with Crippen molar-refractivity contribution in [1.82, 2.24) is 20.3 Å². The number of aryl methyl sites for hydroxylation is 1. The predicted molar refractivity (Wildman–Crippen MR) is 177 cm³/mol. The van der Waals surface area contributed by atoms with Gasteiger partial charge in [-0.3, -0.25) is 24.7 Å². The number of nitrogens with zero attached hydrogens (tertiary/aromatic N) is 4. The number of aromatic nitrogens is 3. The highest BCUT2D eigenvalue weighted by Gasteiger charge is 2.19. The molecular weight excluding hydrogens is 635 g/mol. The van der Waals surface area contributed by atoms with Crippen LogP contribution in [-0.2, 0) is 16.2 Å². The summed E-state index contributed by atoms with van der Waals surface area (Å²) in [5.41, 5.74) is 3.30. The lowest BCUT2D eigenvalue weighted by Crippen LogP contribution is -2.37. The molecule has 13 heteroatoms. The average Bonchev–Trinajstić information content (AvgIpc) is 3.55. The van der Waals surface area contributed by atoms with Crippen molar-refractivity contribution in [3.63, 3.8) is 0 Å². The molecule has 0 atom stereocenters. The van der Waals surface area contributed by atoms with Crippen molar-refractivity contribution in [1.29, 1.82) is 0 Å². The number of amides is 3. The van der Waals surface area contributed by atoms with E-state index in [1.165, 1.54) is 40.7 Å². The summed E-state index contributed by atoms with van der Waals surface area (Å²) in [5.74, 6) is -0.701. The van der Waals surface area contributed by atoms with E-state index in [1.807, 2.05) is 37.3 Å². The quantitative estimate of drug-likeness (QED) is 0.168. The molecule has 0 radical (unpaired) electrons. The van der Waals surface area contributed by atoms with Crippen LogP contribution in [0, 0.1) is 6.92 Å². The van der Waals surface area contributed by atoms with Crippen LogP contribution in [0.3, 0.4) is 0 Å². The molecule has 0 aliphatic heterocycles. The van der Waals surface area contributed by atoms with Gasteiger partial charge in [-0.2, -0.15) is 0 Å². The number of nitrogens with one attached hydrogen (secondary N) is 2. The van der Waals surface area contributed by atoms with Crippen LogP contribution < -0.4 is 20.3 Å². The standard InChI is InChI=1S/C32H26Cl2N6O4S/c1-19-6-9-21-4-3-5-26(30(21)38-19)44-18-22-23(33)10-12-25(29(22)34)40(2)28(42)17-37-27(41)13-8-20-7-11-24(36-16-20)31(43)39-32-35-14-15-45-32/h3-16H,17-18H2,1-2H3,(H,37,41)(H,35,39,43). The monoisotopic (exact) mass is 660 g/mol. The van der Waals surface area contributed by atoms with E-state index in [9.17, 15) is 14.4 Å². The molecule has 0 aliphatic carbocycles. The van der Waals surface area contributed by atoms with Gasteiger partial charge in [0.1, 0.15) is 23.6 Å². The number of ether oxygens (including phenoxy) is 1. The number of hydrogen-bond donors (Lipinski definition) is 2. The van der Waals surface area contributed by atoms with E-state index >= 15 is 0 Å². The summed E-state index contributed by atoms with van der Waals surface area (Å²) in [6, 6.07) is 16.0. The molecule has 228 valence electrons. The molecule has 2 N–H and O–H groups in total. The number of anilines is 2. The Morgan fingerprint density at radius 1 is 1.04 bits per heavy atom. The van der Waals surface area contributed by atoms with Gasteiger partial charge in [-0.15, -0.1) is 11.3 Å². The lowest BCUT2D eigenvalue weighted by atomic mass is 10.1. The fraction of sp³-hybridized carbons (Fsp3) is 0.125. The van der Waals surface area contributed by atoms with Gasteiger partial charge in [-0.05, 0) is 48.9 Å². The fourth-order valence-electron chi connectivity index (χ4n) is 4.19. The zero-order valence-corrected chi connectivity index (χ0v) is 26.4. The average molecular weight is 662 g/mol. The van der Waals surface area contributed by atoms with Gasteiger partial charge in [-0.1, -0.05) is 47.5 Å². The second-order valence-electron chi connectivity index (χ2n) is 9.70. The van der Waals surface area contributed by atoms with Crippen LogP contribution in [0.2, 0.25) is 10.0 Å². The van der Waals surface area contributed by atoms with Gasteiger partial charge in [0.25, 0.3) is 5.91 Å². The number of pyridine rings is 2. The molecule has 45 heavy (non-hydrogen) atoms. The topological polar surface area (TPSA) is 126 Å². The van der Waals surface area contributed by atoms with E-state index in [1.54, 1.807) is 36.8 Å². The van der Waals surface area contributed by atoms with Crippen molar-refractivity contribution in [2.45, 2.75) is 13.5 Å². The van der Waals surface area contributed by atoms with Gasteiger partial charge >= 0.3 is 0 Å². The Labute approximate surface area is 272 Å². The maximum absolute atomic E-state index is 12.9. The first kappa shape index (κ1) is 31.6. The first-order valence-corrected chi connectivity index (χ1v) is 15.2. The fourth-order valence-corrected chi connectivity index (χ4v) is 5.32. The Balaban J connectivity index is 1.17. The Morgan fingerprint density at radius 3 is 2.64 bits per heavy atom. The largest absolute Gasteiger partial charge is 0.487 e. The summed E-state index contributed by atoms with van der Waals surface area (Å²) in [7, 11) is 1.55. The van der Waals surface area contributed by atoms with E-state index in [-0.39, 0.29) is 23.9 Å². The maximum atomic E-state index is 12.9. The zero-order valence-electron chi connectivity index (χ0n) is 24.1. The number of para-hydroxylation sites is 1. The highest BCUT2D eigenvalue weighted by Crippen LogP contribution is 2.35. The van der Waals surface area contributed by atoms with E-state index in [2.05, 4.69) is 25.6 Å². The van der Waals surface area contributed by atoms with Crippen molar-refractivity contribution in [2.75, 3.05) is 23.8 Å². The number of rotatable bonds is 10. The van der Waals surface area contributed by atoms with Gasteiger partial charge in [0.05, 0.1) is 17.3 Å². The normalized spacial score (nSPS) is 11.0. The summed E-state index contributed by atoms with van der Waals surface area (Å²) in [6.45, 7) is 1.68. The van der Waals surface area contributed by atoms with Crippen LogP contribution in [-0.4, -0.2) is 46.3 Å². The number of carbonyl (C=O) groups is 3. The third-order valence-electron chi connectivity index (χ3n) is 6.61. The maximum Gasteiger partial charge on any atom is 0.276 e. The molecule has 3 aromatic heterocycles. The molecule has 0 bridgehead atoms. The first-order valence-electron chi connectivity index (χ1n) is 13.5. The third-order valence-corrected chi connectivity index (χ3v) is 8.07. The molecular formula is C32H26Cl2N6O4S.